The molecule has 158 valence electrons. The zero-order chi connectivity index (χ0) is 22.7. The molecule has 3 amide bonds. The van der Waals surface area contributed by atoms with Crippen LogP contribution >= 0.6 is 0 Å². The highest BCUT2D eigenvalue weighted by atomic mass is 16.5. The summed E-state index contributed by atoms with van der Waals surface area (Å²) in [6.45, 7) is 4.78. The van der Waals surface area contributed by atoms with Gasteiger partial charge in [0.2, 0.25) is 0 Å². The van der Waals surface area contributed by atoms with E-state index in [4.69, 9.17) is 10.00 Å². The highest BCUT2D eigenvalue weighted by Gasteiger charge is 2.45. The largest absolute Gasteiger partial charge is 0.451 e. The first-order valence-corrected chi connectivity index (χ1v) is 9.73. The van der Waals surface area contributed by atoms with Crippen LogP contribution in [0.2, 0.25) is 0 Å². The van der Waals surface area contributed by atoms with Crippen LogP contribution in [-0.2, 0) is 14.3 Å². The quantitative estimate of drug-likeness (QED) is 0.568. The van der Waals surface area contributed by atoms with Crippen molar-refractivity contribution < 1.29 is 23.9 Å². The lowest BCUT2D eigenvalue weighted by Gasteiger charge is -2.28. The number of rotatable bonds is 6. The highest BCUT2D eigenvalue weighted by molar-refractivity contribution is 6.22. The first-order chi connectivity index (χ1) is 14.7. The molecular weight excluding hydrogens is 398 g/mol. The zero-order valence-corrected chi connectivity index (χ0v) is 17.3. The number of carbonyl (C=O) groups is 4. The molecule has 2 aromatic rings. The van der Waals surface area contributed by atoms with E-state index in [1.807, 2.05) is 6.07 Å². The van der Waals surface area contributed by atoms with E-state index < -0.39 is 41.8 Å². The molecule has 1 N–H and O–H groups in total. The van der Waals surface area contributed by atoms with Crippen molar-refractivity contribution in [3.63, 3.8) is 0 Å². The van der Waals surface area contributed by atoms with Crippen LogP contribution in [0, 0.1) is 17.2 Å². The molecule has 2 atom stereocenters. The first-order valence-electron chi connectivity index (χ1n) is 9.73. The van der Waals surface area contributed by atoms with E-state index in [1.165, 1.54) is 19.1 Å². The van der Waals surface area contributed by atoms with E-state index in [9.17, 15) is 19.2 Å². The maximum atomic E-state index is 12.9. The van der Waals surface area contributed by atoms with Crippen LogP contribution in [0.25, 0.3) is 0 Å². The average Bonchev–Trinajstić information content (AvgIpc) is 2.99. The van der Waals surface area contributed by atoms with Crippen LogP contribution in [0.3, 0.4) is 0 Å². The number of benzene rings is 2. The lowest BCUT2D eigenvalue weighted by molar-refractivity contribution is -0.158. The Morgan fingerprint density at radius 1 is 0.968 bits per heavy atom. The van der Waals surface area contributed by atoms with Gasteiger partial charge in [0.15, 0.2) is 6.10 Å². The summed E-state index contributed by atoms with van der Waals surface area (Å²) in [5.74, 6) is -2.98. The van der Waals surface area contributed by atoms with Crippen LogP contribution in [0.5, 0.6) is 0 Å². The second-order valence-electron chi connectivity index (χ2n) is 7.47. The molecule has 0 unspecified atom stereocenters. The normalized spacial score (nSPS) is 14.6. The Morgan fingerprint density at radius 3 is 2.00 bits per heavy atom. The molecule has 8 nitrogen and oxygen atoms in total. The fraction of sp³-hybridized carbons (Fsp3) is 0.261. The molecule has 0 aromatic heterocycles. The average molecular weight is 419 g/mol. The first kappa shape index (κ1) is 21.7. The molecule has 2 aromatic carbocycles. The summed E-state index contributed by atoms with van der Waals surface area (Å²) in [5.41, 5.74) is 1.35. The van der Waals surface area contributed by atoms with E-state index in [0.717, 1.165) is 4.90 Å². The minimum atomic E-state index is -1.17. The van der Waals surface area contributed by atoms with Gasteiger partial charge in [-0.15, -0.1) is 0 Å². The number of nitriles is 1. The molecule has 0 spiro atoms. The van der Waals surface area contributed by atoms with E-state index in [-0.39, 0.29) is 11.1 Å². The second kappa shape index (κ2) is 8.79. The maximum Gasteiger partial charge on any atom is 0.330 e. The highest BCUT2D eigenvalue weighted by Crippen LogP contribution is 2.28. The Bertz CT molecular complexity index is 1050. The van der Waals surface area contributed by atoms with E-state index in [0.29, 0.717) is 11.3 Å². The molecule has 0 radical (unpaired) electrons. The van der Waals surface area contributed by atoms with Crippen molar-refractivity contribution in [3.8, 4) is 6.07 Å². The summed E-state index contributed by atoms with van der Waals surface area (Å²) in [6, 6.07) is 13.4. The monoisotopic (exact) mass is 419 g/mol. The number of anilines is 1. The van der Waals surface area contributed by atoms with Crippen molar-refractivity contribution in [1.82, 2.24) is 4.90 Å². The van der Waals surface area contributed by atoms with Gasteiger partial charge in [0.05, 0.1) is 22.8 Å². The number of esters is 1. The van der Waals surface area contributed by atoms with Crippen molar-refractivity contribution in [2.45, 2.75) is 32.9 Å². The van der Waals surface area contributed by atoms with Crippen LogP contribution < -0.4 is 5.32 Å². The van der Waals surface area contributed by atoms with Gasteiger partial charge in [-0.3, -0.25) is 19.3 Å². The summed E-state index contributed by atoms with van der Waals surface area (Å²) >= 11 is 0. The topological polar surface area (TPSA) is 117 Å². The SMILES string of the molecule is CC(C)[C@H](C(=O)O[C@H](C)C(=O)Nc1ccc(C#N)cc1)N1C(=O)c2ccccc2C1=O. The number of hydrogen-bond acceptors (Lipinski definition) is 6. The third-order valence-corrected chi connectivity index (χ3v) is 4.92. The Balaban J connectivity index is 1.72. The predicted octanol–water partition coefficient (Wildman–Crippen LogP) is 2.75. The number of hydrogen-bond donors (Lipinski definition) is 1. The van der Waals surface area contributed by atoms with Gasteiger partial charge in [0.1, 0.15) is 6.04 Å². The summed E-state index contributed by atoms with van der Waals surface area (Å²) in [7, 11) is 0. The van der Waals surface area contributed by atoms with Gasteiger partial charge in [-0.1, -0.05) is 26.0 Å². The minimum Gasteiger partial charge on any atom is -0.451 e. The molecule has 3 rings (SSSR count). The number of ether oxygens (including phenoxy) is 1. The Kier molecular flexibility index (Phi) is 6.16. The zero-order valence-electron chi connectivity index (χ0n) is 17.3. The van der Waals surface area contributed by atoms with Gasteiger partial charge in [-0.05, 0) is 49.2 Å². The predicted molar refractivity (Wildman–Crippen MR) is 111 cm³/mol. The van der Waals surface area contributed by atoms with Gasteiger partial charge in [-0.25, -0.2) is 4.79 Å². The van der Waals surface area contributed by atoms with E-state index in [1.54, 1.807) is 50.2 Å². The molecule has 8 heteroatoms. The summed E-state index contributed by atoms with van der Waals surface area (Å²) in [5, 5.41) is 11.4. The molecule has 31 heavy (non-hydrogen) atoms. The minimum absolute atomic E-state index is 0.234. The van der Waals surface area contributed by atoms with Crippen molar-refractivity contribution in [2.75, 3.05) is 5.32 Å². The third kappa shape index (κ3) is 4.31. The van der Waals surface area contributed by atoms with Gasteiger partial charge < -0.3 is 10.1 Å². The number of amides is 3. The molecule has 0 fully saturated rings. The molecule has 0 aliphatic carbocycles. The van der Waals surface area contributed by atoms with Crippen LogP contribution in [0.1, 0.15) is 47.1 Å². The van der Waals surface area contributed by atoms with Crippen LogP contribution in [-0.4, -0.2) is 40.7 Å². The van der Waals surface area contributed by atoms with Crippen molar-refractivity contribution in [1.29, 1.82) is 5.26 Å². The summed E-state index contributed by atoms with van der Waals surface area (Å²) < 4.78 is 5.31. The molecule has 1 heterocycles. The Hall–Kier alpha value is -3.99. The number of fused-ring (bicyclic) bond motifs is 1. The van der Waals surface area contributed by atoms with Crippen LogP contribution in [0.15, 0.2) is 48.5 Å². The van der Waals surface area contributed by atoms with Crippen LogP contribution in [0.4, 0.5) is 5.69 Å². The molecule has 0 saturated heterocycles. The fourth-order valence-electron chi connectivity index (χ4n) is 3.31. The number of imide groups is 1. The van der Waals surface area contributed by atoms with Gasteiger partial charge >= 0.3 is 5.97 Å². The number of carbonyl (C=O) groups excluding carboxylic acids is 4. The second-order valence-corrected chi connectivity index (χ2v) is 7.47. The Labute approximate surface area is 179 Å². The lowest BCUT2D eigenvalue weighted by atomic mass is 10.0. The van der Waals surface area contributed by atoms with Crippen molar-refractivity contribution >= 4 is 29.4 Å². The molecule has 0 saturated carbocycles. The molecular formula is C23H21N3O5. The van der Waals surface area contributed by atoms with Gasteiger partial charge in [0.25, 0.3) is 17.7 Å². The van der Waals surface area contributed by atoms with Crippen molar-refractivity contribution in [3.05, 3.63) is 65.2 Å². The number of nitrogens with zero attached hydrogens (tertiary/aromatic N) is 2. The molecule has 0 bridgehead atoms. The van der Waals surface area contributed by atoms with Gasteiger partial charge in [-0.2, -0.15) is 5.26 Å². The van der Waals surface area contributed by atoms with E-state index >= 15 is 0 Å². The standard InChI is InChI=1S/C23H21N3O5/c1-13(2)19(26-21(28)17-6-4-5-7-18(17)22(26)29)23(30)31-14(3)20(27)25-16-10-8-15(12-24)9-11-16/h4-11,13-14,19H,1-3H3,(H,25,27)/t14-,19-/m1/s1. The van der Waals surface area contributed by atoms with E-state index in [2.05, 4.69) is 5.32 Å². The maximum absolute atomic E-state index is 12.9. The summed E-state index contributed by atoms with van der Waals surface area (Å²) in [4.78, 5) is 51.7. The number of nitrogens with one attached hydrogen (secondary N) is 1. The molecule has 1 aliphatic rings. The van der Waals surface area contributed by atoms with Gasteiger partial charge in [0, 0.05) is 5.69 Å². The third-order valence-electron chi connectivity index (χ3n) is 4.92. The van der Waals surface area contributed by atoms with Crippen molar-refractivity contribution in [2.24, 2.45) is 5.92 Å². The Morgan fingerprint density at radius 2 is 1.52 bits per heavy atom. The molecule has 1 aliphatic heterocycles. The smallest absolute Gasteiger partial charge is 0.330 e. The summed E-state index contributed by atoms with van der Waals surface area (Å²) in [6.07, 6.45) is -1.17. The fourth-order valence-corrected chi connectivity index (χ4v) is 3.31. The lowest BCUT2D eigenvalue weighted by Crippen LogP contribution is -2.50.